The van der Waals surface area contributed by atoms with Crippen LogP contribution in [0.3, 0.4) is 0 Å². The van der Waals surface area contributed by atoms with E-state index in [4.69, 9.17) is 0 Å². The topological polar surface area (TPSA) is 52.7 Å². The van der Waals surface area contributed by atoms with E-state index >= 15 is 0 Å². The van der Waals surface area contributed by atoms with Gasteiger partial charge in [-0.15, -0.1) is 0 Å². The molecule has 2 atom stereocenters. The molecule has 1 fully saturated rings. The van der Waals surface area contributed by atoms with Crippen LogP contribution >= 0.6 is 0 Å². The lowest BCUT2D eigenvalue weighted by Gasteiger charge is -2.28. The molecule has 130 valence electrons. The van der Waals surface area contributed by atoms with Crippen LogP contribution in [0.2, 0.25) is 0 Å². The first-order chi connectivity index (χ1) is 12.1. The summed E-state index contributed by atoms with van der Waals surface area (Å²) >= 11 is 0. The van der Waals surface area contributed by atoms with Crippen molar-refractivity contribution < 1.29 is 9.59 Å². The molecule has 0 spiro atoms. The Kier molecular flexibility index (Phi) is 5.14. The first-order valence-corrected chi connectivity index (χ1v) is 8.45. The van der Waals surface area contributed by atoms with Gasteiger partial charge < -0.3 is 10.2 Å². The van der Waals surface area contributed by atoms with Crippen LogP contribution in [0.1, 0.15) is 30.3 Å². The predicted octanol–water partition coefficient (Wildman–Crippen LogP) is 2.34. The smallest absolute Gasteiger partial charge is 0.238 e. The third-order valence-corrected chi connectivity index (χ3v) is 4.57. The lowest BCUT2D eigenvalue weighted by Crippen LogP contribution is -2.39. The van der Waals surface area contributed by atoms with Gasteiger partial charge in [-0.1, -0.05) is 60.7 Å². The highest BCUT2D eigenvalue weighted by atomic mass is 16.2. The molecule has 0 bridgehead atoms. The van der Waals surface area contributed by atoms with Crippen LogP contribution in [0.15, 0.2) is 60.7 Å². The molecule has 1 aliphatic rings. The molecular weight excluding hydrogens is 314 g/mol. The molecule has 0 unspecified atom stereocenters. The van der Waals surface area contributed by atoms with Crippen molar-refractivity contribution in [1.29, 1.82) is 0 Å². The first-order valence-electron chi connectivity index (χ1n) is 8.45. The van der Waals surface area contributed by atoms with Crippen LogP contribution in [0.4, 0.5) is 0 Å². The van der Waals surface area contributed by atoms with Crippen molar-refractivity contribution in [2.24, 2.45) is 0 Å². The van der Waals surface area contributed by atoms with Crippen molar-refractivity contribution in [3.05, 3.63) is 71.8 Å². The van der Waals surface area contributed by atoms with Gasteiger partial charge in [0.15, 0.2) is 0 Å². The second kappa shape index (κ2) is 7.49. The quantitative estimate of drug-likeness (QED) is 0.911. The average molecular weight is 337 g/mol. The molecule has 0 radical (unpaired) electrons. The van der Waals surface area contributed by atoms with Crippen LogP contribution in [-0.2, 0) is 9.59 Å². The molecule has 2 amide bonds. The summed E-state index contributed by atoms with van der Waals surface area (Å²) < 4.78 is 0. The summed E-state index contributed by atoms with van der Waals surface area (Å²) in [6, 6.07) is 19.6. The predicted molar refractivity (Wildman–Crippen MR) is 96.5 cm³/mol. The SMILES string of the molecule is C[C@@H](NC(=O)CN1CC(=O)N(C)[C@@H]1c1ccccc1)c1ccccc1. The third kappa shape index (κ3) is 3.88. The maximum absolute atomic E-state index is 12.5. The zero-order valence-electron chi connectivity index (χ0n) is 14.6. The van der Waals surface area contributed by atoms with Crippen molar-refractivity contribution in [2.75, 3.05) is 20.1 Å². The Hall–Kier alpha value is -2.66. The van der Waals surface area contributed by atoms with Crippen molar-refractivity contribution in [1.82, 2.24) is 15.1 Å². The minimum absolute atomic E-state index is 0.0257. The molecule has 1 aliphatic heterocycles. The lowest BCUT2D eigenvalue weighted by atomic mass is 10.1. The molecule has 1 heterocycles. The van der Waals surface area contributed by atoms with E-state index in [0.29, 0.717) is 0 Å². The Balaban J connectivity index is 1.68. The van der Waals surface area contributed by atoms with Gasteiger partial charge in [0.1, 0.15) is 6.17 Å². The Labute approximate surface area is 148 Å². The fourth-order valence-corrected chi connectivity index (χ4v) is 3.25. The molecule has 1 saturated heterocycles. The second-order valence-electron chi connectivity index (χ2n) is 6.39. The highest BCUT2D eigenvalue weighted by Gasteiger charge is 2.37. The van der Waals surface area contributed by atoms with Crippen molar-refractivity contribution in [2.45, 2.75) is 19.1 Å². The number of likely N-dealkylation sites (N-methyl/N-ethyl adjacent to an activating group) is 1. The maximum Gasteiger partial charge on any atom is 0.238 e. The second-order valence-corrected chi connectivity index (χ2v) is 6.39. The molecule has 0 saturated carbocycles. The van der Waals surface area contributed by atoms with E-state index < -0.39 is 0 Å². The molecule has 25 heavy (non-hydrogen) atoms. The van der Waals surface area contributed by atoms with Crippen molar-refractivity contribution in [3.63, 3.8) is 0 Å². The van der Waals surface area contributed by atoms with Crippen molar-refractivity contribution in [3.8, 4) is 0 Å². The number of amides is 2. The fourth-order valence-electron chi connectivity index (χ4n) is 3.25. The summed E-state index contributed by atoms with van der Waals surface area (Å²) in [7, 11) is 1.78. The number of benzene rings is 2. The zero-order chi connectivity index (χ0) is 17.8. The number of hydrogen-bond acceptors (Lipinski definition) is 3. The average Bonchev–Trinajstić information content (AvgIpc) is 2.90. The van der Waals surface area contributed by atoms with E-state index in [-0.39, 0.29) is 37.1 Å². The van der Waals surface area contributed by atoms with E-state index in [0.717, 1.165) is 11.1 Å². The van der Waals surface area contributed by atoms with Crippen molar-refractivity contribution >= 4 is 11.8 Å². The van der Waals surface area contributed by atoms with Gasteiger partial charge in [0.05, 0.1) is 19.1 Å². The van der Waals surface area contributed by atoms with E-state index in [2.05, 4.69) is 5.32 Å². The van der Waals surface area contributed by atoms with Gasteiger partial charge in [-0.25, -0.2) is 0 Å². The number of nitrogens with zero attached hydrogens (tertiary/aromatic N) is 2. The molecule has 2 aromatic carbocycles. The van der Waals surface area contributed by atoms with Crippen LogP contribution < -0.4 is 5.32 Å². The van der Waals surface area contributed by atoms with Gasteiger partial charge in [0, 0.05) is 7.05 Å². The van der Waals surface area contributed by atoms with Gasteiger partial charge >= 0.3 is 0 Å². The molecule has 5 heteroatoms. The Bertz CT molecular complexity index is 733. The van der Waals surface area contributed by atoms with Gasteiger partial charge in [0.2, 0.25) is 11.8 Å². The number of nitrogens with one attached hydrogen (secondary N) is 1. The monoisotopic (exact) mass is 337 g/mol. The van der Waals surface area contributed by atoms with Crippen LogP contribution in [0, 0.1) is 0 Å². The highest BCUT2D eigenvalue weighted by molar-refractivity contribution is 5.83. The van der Waals surface area contributed by atoms with Gasteiger partial charge in [-0.05, 0) is 18.1 Å². The van der Waals surface area contributed by atoms with Crippen LogP contribution in [0.5, 0.6) is 0 Å². The van der Waals surface area contributed by atoms with Crippen LogP contribution in [-0.4, -0.2) is 41.8 Å². The standard InChI is InChI=1S/C20H23N3O2/c1-15(16-9-5-3-6-10-16)21-18(24)13-23-14-19(25)22(2)20(23)17-11-7-4-8-12-17/h3-12,15,20H,13-14H2,1-2H3,(H,21,24)/t15-,20+/m1/s1. The summed E-state index contributed by atoms with van der Waals surface area (Å²) in [6.45, 7) is 2.40. The summed E-state index contributed by atoms with van der Waals surface area (Å²) in [5.41, 5.74) is 2.07. The van der Waals surface area contributed by atoms with E-state index in [9.17, 15) is 9.59 Å². The normalized spacial score (nSPS) is 19.0. The molecule has 1 N–H and O–H groups in total. The lowest BCUT2D eigenvalue weighted by molar-refractivity contribution is -0.126. The Morgan fingerprint density at radius 3 is 2.36 bits per heavy atom. The minimum atomic E-state index is -0.202. The third-order valence-electron chi connectivity index (χ3n) is 4.57. The summed E-state index contributed by atoms with van der Waals surface area (Å²) in [5, 5.41) is 3.01. The van der Waals surface area contributed by atoms with Crippen LogP contribution in [0.25, 0.3) is 0 Å². The molecular formula is C20H23N3O2. The fraction of sp³-hybridized carbons (Fsp3) is 0.300. The number of rotatable bonds is 5. The molecule has 5 nitrogen and oxygen atoms in total. The molecule has 0 aliphatic carbocycles. The zero-order valence-corrected chi connectivity index (χ0v) is 14.6. The number of hydrogen-bond donors (Lipinski definition) is 1. The van der Waals surface area contributed by atoms with Gasteiger partial charge in [-0.3, -0.25) is 14.5 Å². The Morgan fingerprint density at radius 1 is 1.12 bits per heavy atom. The van der Waals surface area contributed by atoms with E-state index in [1.165, 1.54) is 0 Å². The minimum Gasteiger partial charge on any atom is -0.348 e. The number of carbonyl (C=O) groups is 2. The largest absolute Gasteiger partial charge is 0.348 e. The first kappa shape index (κ1) is 17.2. The van der Waals surface area contributed by atoms with Gasteiger partial charge in [0.25, 0.3) is 0 Å². The number of carbonyl (C=O) groups excluding carboxylic acids is 2. The summed E-state index contributed by atoms with van der Waals surface area (Å²) in [5.74, 6) is -0.0573. The van der Waals surface area contributed by atoms with E-state index in [1.807, 2.05) is 72.5 Å². The molecule has 0 aromatic heterocycles. The highest BCUT2D eigenvalue weighted by Crippen LogP contribution is 2.28. The maximum atomic E-state index is 12.5. The summed E-state index contributed by atoms with van der Waals surface area (Å²) in [6.07, 6.45) is -0.202. The molecule has 2 aromatic rings. The summed E-state index contributed by atoms with van der Waals surface area (Å²) in [4.78, 5) is 28.2. The van der Waals surface area contributed by atoms with Gasteiger partial charge in [-0.2, -0.15) is 0 Å². The Morgan fingerprint density at radius 2 is 1.72 bits per heavy atom. The van der Waals surface area contributed by atoms with E-state index in [1.54, 1.807) is 11.9 Å². The molecule has 3 rings (SSSR count).